The molecule has 0 fully saturated rings. The summed E-state index contributed by atoms with van der Waals surface area (Å²) in [7, 11) is 0. The summed E-state index contributed by atoms with van der Waals surface area (Å²) in [6.45, 7) is 0. The van der Waals surface area contributed by atoms with E-state index in [1.807, 2.05) is 60.7 Å². The number of nitrogens with zero attached hydrogens (tertiary/aromatic N) is 3. The number of fused-ring (bicyclic) bond motifs is 13. The van der Waals surface area contributed by atoms with Crippen molar-refractivity contribution in [3.05, 3.63) is 222 Å². The van der Waals surface area contributed by atoms with Crippen molar-refractivity contribution in [3.8, 4) is 67.9 Å². The lowest BCUT2D eigenvalue weighted by molar-refractivity contribution is 0.447. The van der Waals surface area contributed by atoms with Gasteiger partial charge in [0.2, 0.25) is 0 Å². The second-order valence-corrected chi connectivity index (χ2v) is 15.1. The lowest BCUT2D eigenvalue weighted by Crippen LogP contribution is -2.32. The number of rotatable bonds is 4. The highest BCUT2D eigenvalue weighted by Gasteiger charge is 2.51. The molecule has 0 saturated heterocycles. The van der Waals surface area contributed by atoms with Crippen molar-refractivity contribution in [1.29, 1.82) is 0 Å². The molecule has 1 aliphatic heterocycles. The van der Waals surface area contributed by atoms with E-state index in [9.17, 15) is 0 Å². The molecule has 0 saturated carbocycles. The summed E-state index contributed by atoms with van der Waals surface area (Å²) < 4.78 is 7.11. The highest BCUT2D eigenvalue weighted by atomic mass is 16.5. The minimum absolute atomic E-state index is 0.573. The fraction of sp³-hybridized carbons (Fsp3) is 0.0185. The third kappa shape index (κ3) is 4.79. The van der Waals surface area contributed by atoms with Gasteiger partial charge in [0.25, 0.3) is 0 Å². The van der Waals surface area contributed by atoms with Crippen LogP contribution in [-0.4, -0.2) is 15.0 Å². The Morgan fingerprint density at radius 1 is 0.310 bits per heavy atom. The summed E-state index contributed by atoms with van der Waals surface area (Å²) in [5.74, 6) is 3.79. The van der Waals surface area contributed by atoms with Gasteiger partial charge in [-0.25, -0.2) is 15.0 Å². The Morgan fingerprint density at radius 2 is 0.741 bits per heavy atom. The summed E-state index contributed by atoms with van der Waals surface area (Å²) in [6, 6.07) is 71.0. The molecule has 10 aromatic rings. The smallest absolute Gasteiger partial charge is 0.164 e. The van der Waals surface area contributed by atoms with Gasteiger partial charge in [-0.1, -0.05) is 194 Å². The third-order valence-corrected chi connectivity index (χ3v) is 12.0. The fourth-order valence-corrected chi connectivity index (χ4v) is 9.34. The number of hydrogen-bond acceptors (Lipinski definition) is 4. The monoisotopic (exact) mass is 739 g/mol. The molecule has 4 nitrogen and oxygen atoms in total. The lowest BCUT2D eigenvalue weighted by atomic mass is 9.65. The molecule has 270 valence electrons. The molecule has 0 amide bonds. The molecule has 0 atom stereocenters. The molecule has 9 aromatic carbocycles. The highest BCUT2D eigenvalue weighted by molar-refractivity contribution is 6.00. The Hall–Kier alpha value is -7.69. The third-order valence-electron chi connectivity index (χ3n) is 12.0. The fourth-order valence-electron chi connectivity index (χ4n) is 9.34. The maximum Gasteiger partial charge on any atom is 0.164 e. The standard InChI is InChI=1S/C54H33N3O/c1-3-15-37(16-4-1)51-55-52(38-17-5-2-6-18-38)57-53(56-51)39-25-23-34(24-26-39)40-29-30-46-44(33-40)43-21-11-12-22-45(43)54(46)47-31-27-35-13-7-9-19-41(35)49(47)58-50-42-20-10-8-14-36(42)28-32-48(50)54/h1-33H. The van der Waals surface area contributed by atoms with Gasteiger partial charge in [0.15, 0.2) is 17.5 Å². The molecule has 1 spiro atoms. The van der Waals surface area contributed by atoms with Gasteiger partial charge in [0.1, 0.15) is 11.5 Å². The molecule has 2 aliphatic rings. The molecule has 0 unspecified atom stereocenters. The first-order valence-corrected chi connectivity index (χ1v) is 19.7. The molecule has 0 N–H and O–H groups in total. The van der Waals surface area contributed by atoms with E-state index in [2.05, 4.69) is 140 Å². The van der Waals surface area contributed by atoms with E-state index in [1.165, 1.54) is 33.4 Å². The van der Waals surface area contributed by atoms with Crippen LogP contribution >= 0.6 is 0 Å². The van der Waals surface area contributed by atoms with Crippen LogP contribution in [0.3, 0.4) is 0 Å². The van der Waals surface area contributed by atoms with Gasteiger partial charge >= 0.3 is 0 Å². The van der Waals surface area contributed by atoms with Gasteiger partial charge in [0, 0.05) is 38.6 Å². The summed E-state index contributed by atoms with van der Waals surface area (Å²) in [4.78, 5) is 14.8. The number of aromatic nitrogens is 3. The Kier molecular flexibility index (Phi) is 7.11. The molecule has 0 radical (unpaired) electrons. The summed E-state index contributed by atoms with van der Waals surface area (Å²) >= 11 is 0. The summed E-state index contributed by atoms with van der Waals surface area (Å²) in [6.07, 6.45) is 0. The van der Waals surface area contributed by atoms with Crippen molar-refractivity contribution in [2.75, 3.05) is 0 Å². The van der Waals surface area contributed by atoms with Gasteiger partial charge in [0.05, 0.1) is 5.41 Å². The average molecular weight is 740 g/mol. The Bertz CT molecular complexity index is 3110. The van der Waals surface area contributed by atoms with Gasteiger partial charge in [-0.05, 0) is 50.2 Å². The molecule has 4 heteroatoms. The van der Waals surface area contributed by atoms with Crippen LogP contribution in [0.4, 0.5) is 0 Å². The zero-order valence-electron chi connectivity index (χ0n) is 31.3. The second-order valence-electron chi connectivity index (χ2n) is 15.1. The Morgan fingerprint density at radius 3 is 1.33 bits per heavy atom. The molecule has 1 aliphatic carbocycles. The minimum atomic E-state index is -0.573. The van der Waals surface area contributed by atoms with E-state index in [4.69, 9.17) is 19.7 Å². The first kappa shape index (κ1) is 32.5. The predicted octanol–water partition coefficient (Wildman–Crippen LogP) is 13.3. The van der Waals surface area contributed by atoms with Crippen LogP contribution in [0.1, 0.15) is 22.3 Å². The molecule has 1 aromatic heterocycles. The van der Waals surface area contributed by atoms with Crippen LogP contribution in [0.25, 0.3) is 78.0 Å². The van der Waals surface area contributed by atoms with Crippen LogP contribution in [0.15, 0.2) is 200 Å². The van der Waals surface area contributed by atoms with Crippen LogP contribution in [0.5, 0.6) is 11.5 Å². The van der Waals surface area contributed by atoms with Gasteiger partial charge in [-0.15, -0.1) is 0 Å². The molecule has 12 rings (SSSR count). The first-order valence-electron chi connectivity index (χ1n) is 19.7. The number of hydrogen-bond donors (Lipinski definition) is 0. The largest absolute Gasteiger partial charge is 0.455 e. The van der Waals surface area contributed by atoms with Gasteiger partial charge in [-0.2, -0.15) is 0 Å². The SMILES string of the molecule is c1ccc(-c2nc(-c3ccccc3)nc(-c3ccc(-c4ccc5c(c4)-c4ccccc4C54c5ccc6ccccc6c5Oc5c4ccc4ccccc54)cc3)n2)cc1. The Balaban J connectivity index is 1.02. The van der Waals surface area contributed by atoms with E-state index in [0.717, 1.165) is 60.9 Å². The lowest BCUT2D eigenvalue weighted by Gasteiger charge is -2.40. The minimum Gasteiger partial charge on any atom is -0.455 e. The zero-order chi connectivity index (χ0) is 38.2. The van der Waals surface area contributed by atoms with E-state index >= 15 is 0 Å². The normalized spacial score (nSPS) is 13.1. The maximum atomic E-state index is 7.11. The summed E-state index contributed by atoms with van der Waals surface area (Å²) in [5, 5.41) is 4.56. The van der Waals surface area contributed by atoms with Gasteiger partial charge in [-0.3, -0.25) is 0 Å². The quantitative estimate of drug-likeness (QED) is 0.180. The van der Waals surface area contributed by atoms with Crippen molar-refractivity contribution in [1.82, 2.24) is 15.0 Å². The summed E-state index contributed by atoms with van der Waals surface area (Å²) in [5.41, 5.74) is 11.9. The number of ether oxygens (including phenoxy) is 1. The van der Waals surface area contributed by atoms with Gasteiger partial charge < -0.3 is 4.74 Å². The molecule has 58 heavy (non-hydrogen) atoms. The van der Waals surface area contributed by atoms with E-state index in [0.29, 0.717) is 17.5 Å². The zero-order valence-corrected chi connectivity index (χ0v) is 31.3. The average Bonchev–Trinajstić information content (AvgIpc) is 3.59. The molecule has 0 bridgehead atoms. The molecule has 2 heterocycles. The van der Waals surface area contributed by atoms with Crippen LogP contribution < -0.4 is 4.74 Å². The van der Waals surface area contributed by atoms with Crippen molar-refractivity contribution >= 4 is 21.5 Å². The van der Waals surface area contributed by atoms with Crippen LogP contribution in [0.2, 0.25) is 0 Å². The molecular weight excluding hydrogens is 707 g/mol. The Labute approximate surface area is 335 Å². The van der Waals surface area contributed by atoms with E-state index in [1.54, 1.807) is 0 Å². The van der Waals surface area contributed by atoms with Crippen molar-refractivity contribution < 1.29 is 4.74 Å². The van der Waals surface area contributed by atoms with E-state index < -0.39 is 5.41 Å². The first-order chi connectivity index (χ1) is 28.7. The highest BCUT2D eigenvalue weighted by Crippen LogP contribution is 2.64. The topological polar surface area (TPSA) is 47.9 Å². The van der Waals surface area contributed by atoms with Crippen molar-refractivity contribution in [2.24, 2.45) is 0 Å². The van der Waals surface area contributed by atoms with Crippen LogP contribution in [0, 0.1) is 0 Å². The van der Waals surface area contributed by atoms with Crippen LogP contribution in [-0.2, 0) is 5.41 Å². The molecular formula is C54H33N3O. The predicted molar refractivity (Wildman–Crippen MR) is 234 cm³/mol. The van der Waals surface area contributed by atoms with Crippen molar-refractivity contribution in [3.63, 3.8) is 0 Å². The second kappa shape index (κ2) is 12.7. The maximum absolute atomic E-state index is 7.11. The number of benzene rings is 9. The van der Waals surface area contributed by atoms with Crippen molar-refractivity contribution in [2.45, 2.75) is 5.41 Å². The van der Waals surface area contributed by atoms with E-state index in [-0.39, 0.29) is 0 Å².